The molecule has 2 N–H and O–H groups in total. The molecule has 0 saturated heterocycles. The molecule has 120 valence electrons. The molecule has 1 aliphatic carbocycles. The van der Waals surface area contributed by atoms with Gasteiger partial charge in [-0.3, -0.25) is 15.6 Å². The van der Waals surface area contributed by atoms with Gasteiger partial charge in [0, 0.05) is 12.4 Å². The zero-order valence-electron chi connectivity index (χ0n) is 12.7. The Labute approximate surface area is 133 Å². The summed E-state index contributed by atoms with van der Waals surface area (Å²) in [5.74, 6) is 0.0328. The van der Waals surface area contributed by atoms with Crippen LogP contribution in [0.3, 0.4) is 0 Å². The highest BCUT2D eigenvalue weighted by Gasteiger charge is 2.45. The first kappa shape index (κ1) is 15.2. The third-order valence-corrected chi connectivity index (χ3v) is 4.17. The minimum atomic E-state index is -0.704. The Balaban J connectivity index is 1.76. The summed E-state index contributed by atoms with van der Waals surface area (Å²) < 4.78 is 18.6. The molecule has 2 aromatic rings. The van der Waals surface area contributed by atoms with Gasteiger partial charge in [0.25, 0.3) is 5.88 Å². The van der Waals surface area contributed by atoms with Crippen LogP contribution in [-0.4, -0.2) is 23.0 Å². The van der Waals surface area contributed by atoms with Crippen LogP contribution in [0, 0.1) is 5.82 Å². The first-order valence-corrected chi connectivity index (χ1v) is 7.33. The monoisotopic (exact) mass is 316 g/mol. The van der Waals surface area contributed by atoms with Crippen molar-refractivity contribution < 1.29 is 13.9 Å². The molecule has 3 rings (SSSR count). The number of nitrogens with zero attached hydrogens (tertiary/aromatic N) is 2. The fourth-order valence-electron chi connectivity index (χ4n) is 2.76. The van der Waals surface area contributed by atoms with Crippen LogP contribution >= 0.6 is 0 Å². The molecular formula is C16H17FN4O2. The average Bonchev–Trinajstić information content (AvgIpc) is 2.52. The van der Waals surface area contributed by atoms with Gasteiger partial charge in [-0.25, -0.2) is 14.4 Å². The number of amides is 1. The minimum absolute atomic E-state index is 0.220. The largest absolute Gasteiger partial charge is 0.478 e. The number of methoxy groups -OCH3 is 1. The maximum absolute atomic E-state index is 13.5. The number of hydrazine groups is 1. The molecule has 1 amide bonds. The maximum Gasteiger partial charge on any atom is 0.258 e. The van der Waals surface area contributed by atoms with Gasteiger partial charge in [0.15, 0.2) is 0 Å². The molecule has 0 aliphatic heterocycles. The molecule has 0 spiro atoms. The van der Waals surface area contributed by atoms with Gasteiger partial charge in [-0.2, -0.15) is 0 Å². The third kappa shape index (κ3) is 2.81. The summed E-state index contributed by atoms with van der Waals surface area (Å²) in [6, 6.07) is 6.19. The molecular weight excluding hydrogens is 299 g/mol. The molecule has 0 radical (unpaired) electrons. The molecule has 23 heavy (non-hydrogen) atoms. The molecule has 1 aromatic heterocycles. The molecule has 1 aromatic carbocycles. The lowest BCUT2D eigenvalue weighted by Gasteiger charge is -2.40. The fraction of sp³-hybridized carbons (Fsp3) is 0.312. The molecule has 1 saturated carbocycles. The van der Waals surface area contributed by atoms with Crippen LogP contribution in [0.5, 0.6) is 5.88 Å². The highest BCUT2D eigenvalue weighted by Crippen LogP contribution is 2.44. The van der Waals surface area contributed by atoms with E-state index in [1.54, 1.807) is 12.1 Å². The van der Waals surface area contributed by atoms with E-state index in [-0.39, 0.29) is 17.6 Å². The Bertz CT molecular complexity index is 719. The van der Waals surface area contributed by atoms with Gasteiger partial charge < -0.3 is 4.74 Å². The van der Waals surface area contributed by atoms with E-state index in [0.29, 0.717) is 24.2 Å². The van der Waals surface area contributed by atoms with Gasteiger partial charge in [0.1, 0.15) is 5.82 Å². The Morgan fingerprint density at radius 2 is 2.09 bits per heavy atom. The third-order valence-electron chi connectivity index (χ3n) is 4.17. The van der Waals surface area contributed by atoms with Crippen molar-refractivity contribution in [3.63, 3.8) is 0 Å². The number of benzene rings is 1. The van der Waals surface area contributed by atoms with Crippen molar-refractivity contribution in [2.45, 2.75) is 24.7 Å². The Kier molecular flexibility index (Phi) is 4.10. The number of carbonyl (C=O) groups is 1. The number of hydrogen-bond acceptors (Lipinski definition) is 5. The summed E-state index contributed by atoms with van der Waals surface area (Å²) >= 11 is 0. The lowest BCUT2D eigenvalue weighted by molar-refractivity contribution is -0.129. The predicted octanol–water partition coefficient (Wildman–Crippen LogP) is 2.19. The molecule has 1 aliphatic rings. The van der Waals surface area contributed by atoms with Gasteiger partial charge in [0.05, 0.1) is 12.5 Å². The van der Waals surface area contributed by atoms with E-state index >= 15 is 0 Å². The van der Waals surface area contributed by atoms with E-state index in [0.717, 1.165) is 6.42 Å². The topological polar surface area (TPSA) is 76.1 Å². The summed E-state index contributed by atoms with van der Waals surface area (Å²) in [5, 5.41) is 0. The van der Waals surface area contributed by atoms with Crippen LogP contribution < -0.4 is 15.6 Å². The SMILES string of the molecule is COc1nccnc1NNC(=O)C1(c2cccc(F)c2)CCC1. The van der Waals surface area contributed by atoms with Gasteiger partial charge >= 0.3 is 0 Å². The van der Waals surface area contributed by atoms with Crippen LogP contribution in [0.25, 0.3) is 0 Å². The molecule has 1 fully saturated rings. The summed E-state index contributed by atoms with van der Waals surface area (Å²) in [6.45, 7) is 0. The molecule has 0 atom stereocenters. The van der Waals surface area contributed by atoms with Crippen molar-refractivity contribution in [3.05, 3.63) is 48.0 Å². The number of hydrogen-bond donors (Lipinski definition) is 2. The molecule has 6 nitrogen and oxygen atoms in total. The van der Waals surface area contributed by atoms with Gasteiger partial charge in [-0.15, -0.1) is 0 Å². The smallest absolute Gasteiger partial charge is 0.258 e. The van der Waals surface area contributed by atoms with Crippen molar-refractivity contribution in [3.8, 4) is 5.88 Å². The van der Waals surface area contributed by atoms with Crippen LogP contribution in [0.4, 0.5) is 10.2 Å². The van der Waals surface area contributed by atoms with Gasteiger partial charge in [0.2, 0.25) is 11.7 Å². The van der Waals surface area contributed by atoms with Crippen molar-refractivity contribution in [2.24, 2.45) is 0 Å². The summed E-state index contributed by atoms with van der Waals surface area (Å²) in [4.78, 5) is 20.7. The van der Waals surface area contributed by atoms with E-state index in [4.69, 9.17) is 4.74 Å². The van der Waals surface area contributed by atoms with E-state index < -0.39 is 5.41 Å². The summed E-state index contributed by atoms with van der Waals surface area (Å²) in [6.07, 6.45) is 5.27. The summed E-state index contributed by atoms with van der Waals surface area (Å²) in [5.41, 5.74) is 5.36. The quantitative estimate of drug-likeness (QED) is 0.827. The first-order chi connectivity index (χ1) is 11.2. The second kappa shape index (κ2) is 6.20. The number of aromatic nitrogens is 2. The van der Waals surface area contributed by atoms with Crippen molar-refractivity contribution in [1.29, 1.82) is 0 Å². The standard InChI is InChI=1S/C16H17FN4O2/c1-23-14-13(18-8-9-19-14)20-21-15(22)16(6-3-7-16)11-4-2-5-12(17)10-11/h2,4-5,8-10H,3,6-7H2,1H3,(H,18,20)(H,21,22). The highest BCUT2D eigenvalue weighted by atomic mass is 19.1. The van der Waals surface area contributed by atoms with E-state index in [9.17, 15) is 9.18 Å². The molecule has 0 bridgehead atoms. The van der Waals surface area contributed by atoms with E-state index in [1.807, 2.05) is 0 Å². The zero-order valence-corrected chi connectivity index (χ0v) is 12.7. The molecule has 1 heterocycles. The lowest BCUT2D eigenvalue weighted by atomic mass is 9.64. The maximum atomic E-state index is 13.5. The first-order valence-electron chi connectivity index (χ1n) is 7.33. The van der Waals surface area contributed by atoms with Crippen LogP contribution in [0.1, 0.15) is 24.8 Å². The minimum Gasteiger partial charge on any atom is -0.478 e. The number of ether oxygens (including phenoxy) is 1. The molecule has 0 unspecified atom stereocenters. The lowest BCUT2D eigenvalue weighted by Crippen LogP contribution is -2.51. The van der Waals surface area contributed by atoms with Crippen molar-refractivity contribution in [1.82, 2.24) is 15.4 Å². The second-order valence-corrected chi connectivity index (χ2v) is 5.44. The number of rotatable bonds is 5. The predicted molar refractivity (Wildman–Crippen MR) is 82.3 cm³/mol. The number of nitrogens with one attached hydrogen (secondary N) is 2. The van der Waals surface area contributed by atoms with E-state index in [2.05, 4.69) is 20.8 Å². The Hall–Kier alpha value is -2.70. The number of halogens is 1. The average molecular weight is 316 g/mol. The normalized spacial score (nSPS) is 15.4. The van der Waals surface area contributed by atoms with Crippen LogP contribution in [0.15, 0.2) is 36.7 Å². The fourth-order valence-corrected chi connectivity index (χ4v) is 2.76. The van der Waals surface area contributed by atoms with Crippen molar-refractivity contribution in [2.75, 3.05) is 12.5 Å². The van der Waals surface area contributed by atoms with Gasteiger partial charge in [-0.1, -0.05) is 18.6 Å². The van der Waals surface area contributed by atoms with E-state index in [1.165, 1.54) is 31.6 Å². The zero-order chi connectivity index (χ0) is 16.3. The van der Waals surface area contributed by atoms with Gasteiger partial charge in [-0.05, 0) is 30.5 Å². The Morgan fingerprint density at radius 1 is 1.30 bits per heavy atom. The Morgan fingerprint density at radius 3 is 2.74 bits per heavy atom. The molecule has 7 heteroatoms. The van der Waals surface area contributed by atoms with Crippen LogP contribution in [-0.2, 0) is 10.2 Å². The number of carbonyl (C=O) groups excluding carboxylic acids is 1. The summed E-state index contributed by atoms with van der Waals surface area (Å²) in [7, 11) is 1.47. The number of anilines is 1. The second-order valence-electron chi connectivity index (χ2n) is 5.44. The van der Waals surface area contributed by atoms with Crippen LogP contribution in [0.2, 0.25) is 0 Å². The highest BCUT2D eigenvalue weighted by molar-refractivity contribution is 5.90. The van der Waals surface area contributed by atoms with Crippen molar-refractivity contribution >= 4 is 11.7 Å².